The van der Waals surface area contributed by atoms with Crippen LogP contribution in [-0.2, 0) is 4.79 Å². The molecule has 5 nitrogen and oxygen atoms in total. The quantitative estimate of drug-likeness (QED) is 0.869. The first-order valence-corrected chi connectivity index (χ1v) is 9.23. The van der Waals surface area contributed by atoms with E-state index in [2.05, 4.69) is 17.4 Å². The Bertz CT molecular complexity index is 795. The van der Waals surface area contributed by atoms with E-state index >= 15 is 0 Å². The van der Waals surface area contributed by atoms with Crippen LogP contribution >= 0.6 is 23.7 Å². The molecule has 1 N–H and O–H groups in total. The molecule has 0 unspecified atom stereocenters. The number of carbonyl (C=O) groups excluding carboxylic acids is 2. The van der Waals surface area contributed by atoms with E-state index in [1.165, 1.54) is 0 Å². The van der Waals surface area contributed by atoms with Crippen molar-refractivity contribution >= 4 is 45.6 Å². The summed E-state index contributed by atoms with van der Waals surface area (Å²) in [6.07, 6.45) is 0. The molecule has 25 heavy (non-hydrogen) atoms. The highest BCUT2D eigenvalue weighted by Crippen LogP contribution is 2.31. The van der Waals surface area contributed by atoms with Crippen LogP contribution < -0.4 is 5.32 Å². The van der Waals surface area contributed by atoms with E-state index in [9.17, 15) is 9.59 Å². The topological polar surface area (TPSA) is 52.7 Å². The van der Waals surface area contributed by atoms with Gasteiger partial charge in [-0.1, -0.05) is 18.2 Å². The summed E-state index contributed by atoms with van der Waals surface area (Å²) in [5, 5.41) is 4.30. The van der Waals surface area contributed by atoms with E-state index in [1.54, 1.807) is 11.3 Å². The van der Waals surface area contributed by atoms with Crippen LogP contribution in [0.25, 0.3) is 10.1 Å². The first-order valence-electron chi connectivity index (χ1n) is 8.42. The molecule has 1 aromatic carbocycles. The van der Waals surface area contributed by atoms with Crippen LogP contribution in [0, 0.1) is 12.8 Å². The summed E-state index contributed by atoms with van der Waals surface area (Å²) in [7, 11) is 0. The maximum atomic E-state index is 12.9. The predicted octanol–water partition coefficient (Wildman–Crippen LogP) is 2.14. The van der Waals surface area contributed by atoms with Crippen LogP contribution in [0.3, 0.4) is 0 Å². The fourth-order valence-electron chi connectivity index (χ4n) is 3.37. The number of piperazine rings is 1. The lowest BCUT2D eigenvalue weighted by Crippen LogP contribution is -2.57. The minimum absolute atomic E-state index is 0. The molecule has 3 heterocycles. The fourth-order valence-corrected chi connectivity index (χ4v) is 4.55. The Hall–Kier alpha value is -1.63. The van der Waals surface area contributed by atoms with Gasteiger partial charge in [0.05, 0.1) is 10.8 Å². The average Bonchev–Trinajstić information content (AvgIpc) is 2.90. The molecule has 2 saturated heterocycles. The second-order valence-corrected chi connectivity index (χ2v) is 7.58. The van der Waals surface area contributed by atoms with Gasteiger partial charge in [0, 0.05) is 44.0 Å². The van der Waals surface area contributed by atoms with Crippen molar-refractivity contribution in [2.24, 2.45) is 5.92 Å². The number of rotatable bonds is 2. The molecular formula is C18H22ClN3O2S. The number of halogens is 1. The Balaban J connectivity index is 0.00000182. The molecule has 1 aromatic heterocycles. The fraction of sp³-hybridized carbons (Fsp3) is 0.444. The molecule has 4 rings (SSSR count). The Labute approximate surface area is 157 Å². The lowest BCUT2D eigenvalue weighted by atomic mass is 10.0. The lowest BCUT2D eigenvalue weighted by molar-refractivity contribution is -0.138. The van der Waals surface area contributed by atoms with E-state index in [1.807, 2.05) is 28.9 Å². The summed E-state index contributed by atoms with van der Waals surface area (Å²) < 4.78 is 1.16. The van der Waals surface area contributed by atoms with Crippen molar-refractivity contribution < 1.29 is 9.59 Å². The molecule has 0 spiro atoms. The van der Waals surface area contributed by atoms with Gasteiger partial charge in [-0.15, -0.1) is 23.7 Å². The first kappa shape index (κ1) is 18.2. The molecule has 0 radical (unpaired) electrons. The van der Waals surface area contributed by atoms with Crippen LogP contribution in [0.2, 0.25) is 0 Å². The van der Waals surface area contributed by atoms with Gasteiger partial charge >= 0.3 is 0 Å². The SMILES string of the molecule is Cc1c(C(=O)N2CCN(C(=O)C3CNC3)CC2)sc2ccccc12.Cl. The highest BCUT2D eigenvalue weighted by atomic mass is 35.5. The highest BCUT2D eigenvalue weighted by Gasteiger charge is 2.32. The Morgan fingerprint density at radius 3 is 2.32 bits per heavy atom. The second kappa shape index (κ2) is 7.32. The van der Waals surface area contributed by atoms with E-state index < -0.39 is 0 Å². The average molecular weight is 380 g/mol. The number of aryl methyl sites for hydroxylation is 1. The number of amides is 2. The summed E-state index contributed by atoms with van der Waals surface area (Å²) >= 11 is 1.57. The van der Waals surface area contributed by atoms with Gasteiger partial charge in [-0.2, -0.15) is 0 Å². The van der Waals surface area contributed by atoms with Crippen LogP contribution in [-0.4, -0.2) is 60.9 Å². The molecule has 0 atom stereocenters. The highest BCUT2D eigenvalue weighted by molar-refractivity contribution is 7.21. The third kappa shape index (κ3) is 3.26. The van der Waals surface area contributed by atoms with Crippen molar-refractivity contribution in [2.75, 3.05) is 39.3 Å². The van der Waals surface area contributed by atoms with E-state index in [0.717, 1.165) is 33.6 Å². The minimum atomic E-state index is 0. The minimum Gasteiger partial charge on any atom is -0.339 e. The van der Waals surface area contributed by atoms with Crippen LogP contribution in [0.15, 0.2) is 24.3 Å². The first-order chi connectivity index (χ1) is 11.6. The summed E-state index contributed by atoms with van der Waals surface area (Å²) in [5.41, 5.74) is 1.07. The van der Waals surface area contributed by atoms with Crippen molar-refractivity contribution in [1.82, 2.24) is 15.1 Å². The maximum absolute atomic E-state index is 12.9. The van der Waals surface area contributed by atoms with Crippen LogP contribution in [0.5, 0.6) is 0 Å². The number of hydrogen-bond acceptors (Lipinski definition) is 4. The summed E-state index contributed by atoms with van der Waals surface area (Å²) in [6.45, 7) is 6.14. The van der Waals surface area contributed by atoms with Crippen molar-refractivity contribution in [3.05, 3.63) is 34.7 Å². The molecule has 2 aliphatic heterocycles. The Kier molecular flexibility index (Phi) is 5.32. The zero-order valence-corrected chi connectivity index (χ0v) is 15.8. The van der Waals surface area contributed by atoms with Gasteiger partial charge in [0.25, 0.3) is 5.91 Å². The van der Waals surface area contributed by atoms with E-state index in [4.69, 9.17) is 0 Å². The van der Waals surface area contributed by atoms with Gasteiger partial charge in [-0.05, 0) is 23.9 Å². The van der Waals surface area contributed by atoms with Crippen molar-refractivity contribution in [3.8, 4) is 0 Å². The number of thiophene rings is 1. The molecule has 2 amide bonds. The number of nitrogens with zero attached hydrogens (tertiary/aromatic N) is 2. The molecule has 2 aromatic rings. The number of carbonyl (C=O) groups is 2. The molecule has 134 valence electrons. The molecule has 0 bridgehead atoms. The van der Waals surface area contributed by atoms with Gasteiger partial charge < -0.3 is 15.1 Å². The summed E-state index contributed by atoms with van der Waals surface area (Å²) in [5.74, 6) is 0.474. The lowest BCUT2D eigenvalue weighted by Gasteiger charge is -2.38. The summed E-state index contributed by atoms with van der Waals surface area (Å²) in [4.78, 5) is 29.8. The van der Waals surface area contributed by atoms with E-state index in [0.29, 0.717) is 26.2 Å². The second-order valence-electron chi connectivity index (χ2n) is 6.53. The standard InChI is InChI=1S/C18H21N3O2S.ClH/c1-12-14-4-2-3-5-15(14)24-16(12)18(23)21-8-6-20(7-9-21)17(22)13-10-19-11-13;/h2-5,13,19H,6-11H2,1H3;1H. The number of hydrogen-bond donors (Lipinski definition) is 1. The monoisotopic (exact) mass is 379 g/mol. The van der Waals surface area contributed by atoms with E-state index in [-0.39, 0.29) is 30.1 Å². The molecule has 7 heteroatoms. The van der Waals surface area contributed by atoms with Gasteiger partial charge in [-0.3, -0.25) is 9.59 Å². The maximum Gasteiger partial charge on any atom is 0.264 e. The molecule has 0 saturated carbocycles. The molecular weight excluding hydrogens is 358 g/mol. The number of fused-ring (bicyclic) bond motifs is 1. The largest absolute Gasteiger partial charge is 0.339 e. The van der Waals surface area contributed by atoms with Crippen molar-refractivity contribution in [3.63, 3.8) is 0 Å². The van der Waals surface area contributed by atoms with Gasteiger partial charge in [0.15, 0.2) is 0 Å². The van der Waals surface area contributed by atoms with Gasteiger partial charge in [0.1, 0.15) is 0 Å². The third-order valence-corrected chi connectivity index (χ3v) is 6.31. The smallest absolute Gasteiger partial charge is 0.264 e. The van der Waals surface area contributed by atoms with Crippen LogP contribution in [0.1, 0.15) is 15.2 Å². The normalized spacial score (nSPS) is 18.0. The van der Waals surface area contributed by atoms with Gasteiger partial charge in [0.2, 0.25) is 5.91 Å². The molecule has 2 fully saturated rings. The zero-order valence-electron chi connectivity index (χ0n) is 14.2. The number of benzene rings is 1. The Morgan fingerprint density at radius 2 is 1.72 bits per heavy atom. The number of nitrogens with one attached hydrogen (secondary N) is 1. The third-order valence-electron chi connectivity index (χ3n) is 5.05. The molecule has 0 aliphatic carbocycles. The zero-order chi connectivity index (χ0) is 16.7. The predicted molar refractivity (Wildman–Crippen MR) is 103 cm³/mol. The van der Waals surface area contributed by atoms with Crippen LogP contribution in [0.4, 0.5) is 0 Å². The van der Waals surface area contributed by atoms with Crippen molar-refractivity contribution in [2.45, 2.75) is 6.92 Å². The molecule has 2 aliphatic rings. The van der Waals surface area contributed by atoms with Crippen molar-refractivity contribution in [1.29, 1.82) is 0 Å². The summed E-state index contributed by atoms with van der Waals surface area (Å²) in [6, 6.07) is 8.15. The Morgan fingerprint density at radius 1 is 1.08 bits per heavy atom. The van der Waals surface area contributed by atoms with Gasteiger partial charge in [-0.25, -0.2) is 0 Å².